The van der Waals surface area contributed by atoms with Crippen LogP contribution in [0.5, 0.6) is 0 Å². The van der Waals surface area contributed by atoms with Crippen LogP contribution in [0.15, 0.2) is 0 Å². The second-order valence-electron chi connectivity index (χ2n) is 4.82. The predicted molar refractivity (Wildman–Crippen MR) is 60.5 cm³/mol. The van der Waals surface area contributed by atoms with E-state index in [1.165, 1.54) is 0 Å². The number of carboxylic acid groups (broad SMARTS) is 1. The van der Waals surface area contributed by atoms with E-state index in [9.17, 15) is 9.59 Å². The Morgan fingerprint density at radius 1 is 1.00 bits per heavy atom. The van der Waals surface area contributed by atoms with Gasteiger partial charge in [-0.25, -0.2) is 0 Å². The van der Waals surface area contributed by atoms with Crippen molar-refractivity contribution >= 4 is 11.9 Å². The number of aliphatic carboxylic acids is 1. The maximum Gasteiger partial charge on any atom is 0.306 e. The second-order valence-corrected chi connectivity index (χ2v) is 4.82. The molecule has 0 aromatic rings. The average molecular weight is 241 g/mol. The molecule has 1 saturated heterocycles. The lowest BCUT2D eigenvalue weighted by Crippen LogP contribution is -2.44. The van der Waals surface area contributed by atoms with Crippen LogP contribution in [0.25, 0.3) is 0 Å². The van der Waals surface area contributed by atoms with Crippen LogP contribution in [0.4, 0.5) is 0 Å². The summed E-state index contributed by atoms with van der Waals surface area (Å²) in [6, 6.07) is 0. The lowest BCUT2D eigenvalue weighted by atomic mass is 9.81. The van der Waals surface area contributed by atoms with E-state index in [1.807, 2.05) is 4.90 Å². The third kappa shape index (κ3) is 2.97. The molecular weight excluding hydrogens is 222 g/mol. The number of carbonyl (C=O) groups is 2. The van der Waals surface area contributed by atoms with Gasteiger partial charge in [-0.3, -0.25) is 9.59 Å². The first-order valence-corrected chi connectivity index (χ1v) is 6.28. The normalized spacial score (nSPS) is 30.0. The summed E-state index contributed by atoms with van der Waals surface area (Å²) in [6.45, 7) is 2.60. The van der Waals surface area contributed by atoms with Crippen molar-refractivity contribution in [3.8, 4) is 0 Å². The molecule has 96 valence electrons. The minimum absolute atomic E-state index is 0.0312. The zero-order chi connectivity index (χ0) is 12.3. The van der Waals surface area contributed by atoms with E-state index < -0.39 is 5.97 Å². The van der Waals surface area contributed by atoms with Gasteiger partial charge in [0.05, 0.1) is 19.1 Å². The number of amides is 1. The predicted octanol–water partition coefficient (Wildman–Crippen LogP) is 0.736. The van der Waals surface area contributed by atoms with Crippen LogP contribution in [0.1, 0.15) is 25.7 Å². The third-order valence-electron chi connectivity index (χ3n) is 3.75. The van der Waals surface area contributed by atoms with Crippen molar-refractivity contribution in [1.29, 1.82) is 0 Å². The first-order chi connectivity index (χ1) is 8.18. The van der Waals surface area contributed by atoms with Gasteiger partial charge in [0.15, 0.2) is 0 Å². The molecule has 0 aromatic carbocycles. The molecule has 0 aromatic heterocycles. The maximum absolute atomic E-state index is 12.2. The Bertz CT molecular complexity index is 291. The summed E-state index contributed by atoms with van der Waals surface area (Å²) in [5.41, 5.74) is 0. The highest BCUT2D eigenvalue weighted by Gasteiger charge is 2.32. The van der Waals surface area contributed by atoms with Crippen molar-refractivity contribution in [3.05, 3.63) is 0 Å². The largest absolute Gasteiger partial charge is 0.481 e. The molecule has 1 heterocycles. The number of morpholine rings is 1. The summed E-state index contributed by atoms with van der Waals surface area (Å²) < 4.78 is 5.21. The second kappa shape index (κ2) is 5.49. The SMILES string of the molecule is O=C(O)C1CCC(C(=O)N2CCOCC2)CC1. The fourth-order valence-electron chi connectivity index (χ4n) is 2.63. The zero-order valence-corrected chi connectivity index (χ0v) is 9.93. The third-order valence-corrected chi connectivity index (χ3v) is 3.75. The Balaban J connectivity index is 1.83. The molecule has 2 fully saturated rings. The quantitative estimate of drug-likeness (QED) is 0.774. The fraction of sp³-hybridized carbons (Fsp3) is 0.833. The van der Waals surface area contributed by atoms with Crippen molar-refractivity contribution in [1.82, 2.24) is 4.90 Å². The molecule has 1 aliphatic heterocycles. The Kier molecular flexibility index (Phi) is 3.99. The van der Waals surface area contributed by atoms with Gasteiger partial charge >= 0.3 is 5.97 Å². The molecular formula is C12H19NO4. The van der Waals surface area contributed by atoms with Crippen molar-refractivity contribution in [3.63, 3.8) is 0 Å². The minimum Gasteiger partial charge on any atom is -0.481 e. The van der Waals surface area contributed by atoms with Gasteiger partial charge in [0.25, 0.3) is 0 Å². The lowest BCUT2D eigenvalue weighted by molar-refractivity contribution is -0.147. The van der Waals surface area contributed by atoms with E-state index in [4.69, 9.17) is 9.84 Å². The van der Waals surface area contributed by atoms with E-state index in [-0.39, 0.29) is 17.7 Å². The summed E-state index contributed by atoms with van der Waals surface area (Å²) in [5, 5.41) is 8.90. The van der Waals surface area contributed by atoms with Gasteiger partial charge in [0.2, 0.25) is 5.91 Å². The van der Waals surface area contributed by atoms with Crippen LogP contribution in [0.2, 0.25) is 0 Å². The van der Waals surface area contributed by atoms with Gasteiger partial charge in [-0.2, -0.15) is 0 Å². The Labute approximate surface area is 101 Å². The van der Waals surface area contributed by atoms with Crippen molar-refractivity contribution in [2.75, 3.05) is 26.3 Å². The first kappa shape index (κ1) is 12.4. The highest BCUT2D eigenvalue weighted by atomic mass is 16.5. The van der Waals surface area contributed by atoms with Gasteiger partial charge in [0, 0.05) is 19.0 Å². The number of ether oxygens (including phenoxy) is 1. The number of carboxylic acids is 1. The van der Waals surface area contributed by atoms with Crippen LogP contribution in [-0.4, -0.2) is 48.2 Å². The molecule has 0 spiro atoms. The van der Waals surface area contributed by atoms with Crippen LogP contribution in [-0.2, 0) is 14.3 Å². The molecule has 1 amide bonds. The molecule has 0 radical (unpaired) electrons. The Hall–Kier alpha value is -1.10. The molecule has 1 saturated carbocycles. The van der Waals surface area contributed by atoms with Crippen molar-refractivity contribution in [2.45, 2.75) is 25.7 Å². The first-order valence-electron chi connectivity index (χ1n) is 6.28. The molecule has 5 heteroatoms. The Morgan fingerprint density at radius 2 is 1.53 bits per heavy atom. The molecule has 5 nitrogen and oxygen atoms in total. The van der Waals surface area contributed by atoms with Crippen LogP contribution in [0, 0.1) is 11.8 Å². The molecule has 0 atom stereocenters. The van der Waals surface area contributed by atoms with E-state index in [0.29, 0.717) is 52.0 Å². The highest BCUT2D eigenvalue weighted by Crippen LogP contribution is 2.30. The zero-order valence-electron chi connectivity index (χ0n) is 9.93. The van der Waals surface area contributed by atoms with E-state index >= 15 is 0 Å². The van der Waals surface area contributed by atoms with Gasteiger partial charge < -0.3 is 14.7 Å². The fourth-order valence-corrected chi connectivity index (χ4v) is 2.63. The number of nitrogens with zero attached hydrogens (tertiary/aromatic N) is 1. The van der Waals surface area contributed by atoms with E-state index in [2.05, 4.69) is 0 Å². The van der Waals surface area contributed by atoms with E-state index in [0.717, 1.165) is 0 Å². The molecule has 1 aliphatic carbocycles. The van der Waals surface area contributed by atoms with Gasteiger partial charge in [-0.15, -0.1) is 0 Å². The Morgan fingerprint density at radius 3 is 2.06 bits per heavy atom. The van der Waals surface area contributed by atoms with Crippen LogP contribution >= 0.6 is 0 Å². The topological polar surface area (TPSA) is 66.8 Å². The van der Waals surface area contributed by atoms with Crippen LogP contribution < -0.4 is 0 Å². The standard InChI is InChI=1S/C12H19NO4/c14-11(13-5-7-17-8-6-13)9-1-3-10(4-2-9)12(15)16/h9-10H,1-8H2,(H,15,16). The number of hydrogen-bond donors (Lipinski definition) is 1. The van der Waals surface area contributed by atoms with Crippen molar-refractivity contribution in [2.24, 2.45) is 11.8 Å². The maximum atomic E-state index is 12.2. The molecule has 0 bridgehead atoms. The summed E-state index contributed by atoms with van der Waals surface area (Å²) >= 11 is 0. The number of carbonyl (C=O) groups excluding carboxylic acids is 1. The van der Waals surface area contributed by atoms with Gasteiger partial charge in [0.1, 0.15) is 0 Å². The summed E-state index contributed by atoms with van der Waals surface area (Å²) in [7, 11) is 0. The number of rotatable bonds is 2. The van der Waals surface area contributed by atoms with E-state index in [1.54, 1.807) is 0 Å². The number of hydrogen-bond acceptors (Lipinski definition) is 3. The molecule has 1 N–H and O–H groups in total. The lowest BCUT2D eigenvalue weighted by Gasteiger charge is -2.33. The summed E-state index contributed by atoms with van der Waals surface area (Å²) in [5.74, 6) is -0.744. The minimum atomic E-state index is -0.720. The van der Waals surface area contributed by atoms with Crippen molar-refractivity contribution < 1.29 is 19.4 Å². The summed E-state index contributed by atoms with van der Waals surface area (Å²) in [6.07, 6.45) is 2.70. The highest BCUT2D eigenvalue weighted by molar-refractivity contribution is 5.79. The van der Waals surface area contributed by atoms with Gasteiger partial charge in [-0.1, -0.05) is 0 Å². The molecule has 2 rings (SSSR count). The molecule has 0 unspecified atom stereocenters. The molecule has 17 heavy (non-hydrogen) atoms. The molecule has 2 aliphatic rings. The van der Waals surface area contributed by atoms with Crippen LogP contribution in [0.3, 0.4) is 0 Å². The monoisotopic (exact) mass is 241 g/mol. The van der Waals surface area contributed by atoms with Gasteiger partial charge in [-0.05, 0) is 25.7 Å². The average Bonchev–Trinajstić information content (AvgIpc) is 2.39. The summed E-state index contributed by atoms with van der Waals surface area (Å²) in [4.78, 5) is 24.8. The smallest absolute Gasteiger partial charge is 0.306 e.